The van der Waals surface area contributed by atoms with Crippen molar-refractivity contribution in [1.29, 1.82) is 0 Å². The summed E-state index contributed by atoms with van der Waals surface area (Å²) in [5, 5.41) is 4.88. The van der Waals surface area contributed by atoms with Gasteiger partial charge >= 0.3 is 0 Å². The molecule has 0 saturated carbocycles. The molecule has 1 aliphatic rings. The smallest absolute Gasteiger partial charge is 0.289 e. The number of nitrogens with zero attached hydrogens (tertiary/aromatic N) is 3. The SMILES string of the molecule is CSn1ncc2c3n(c(F)c2c1=O)CC(C)(C)C3. The lowest BCUT2D eigenvalue weighted by molar-refractivity contribution is 0.342. The number of rotatable bonds is 1. The van der Waals surface area contributed by atoms with Crippen LogP contribution in [0.4, 0.5) is 4.39 Å². The van der Waals surface area contributed by atoms with Crippen molar-refractivity contribution in [1.82, 2.24) is 13.8 Å². The highest BCUT2D eigenvalue weighted by Crippen LogP contribution is 2.37. The number of halogens is 1. The quantitative estimate of drug-likeness (QED) is 0.794. The first-order valence-electron chi connectivity index (χ1n) is 5.78. The average Bonchev–Trinajstić information content (AvgIpc) is 2.74. The molecule has 0 spiro atoms. The summed E-state index contributed by atoms with van der Waals surface area (Å²) in [6.07, 6.45) is 4.12. The molecule has 1 aliphatic heterocycles. The summed E-state index contributed by atoms with van der Waals surface area (Å²) in [5.74, 6) is -0.416. The Morgan fingerprint density at radius 3 is 2.89 bits per heavy atom. The van der Waals surface area contributed by atoms with Crippen LogP contribution in [0.15, 0.2) is 11.0 Å². The molecule has 3 rings (SSSR count). The summed E-state index contributed by atoms with van der Waals surface area (Å²) in [4.78, 5) is 12.1. The molecule has 6 heteroatoms. The van der Waals surface area contributed by atoms with Gasteiger partial charge < -0.3 is 4.57 Å². The van der Waals surface area contributed by atoms with E-state index in [9.17, 15) is 9.18 Å². The van der Waals surface area contributed by atoms with Crippen LogP contribution in [0, 0.1) is 11.4 Å². The van der Waals surface area contributed by atoms with Gasteiger partial charge in [0, 0.05) is 23.9 Å². The van der Waals surface area contributed by atoms with E-state index in [1.54, 1.807) is 17.0 Å². The van der Waals surface area contributed by atoms with Crippen molar-refractivity contribution >= 4 is 22.7 Å². The van der Waals surface area contributed by atoms with Crippen LogP contribution in [0.3, 0.4) is 0 Å². The molecule has 0 unspecified atom stereocenters. The lowest BCUT2D eigenvalue weighted by Crippen LogP contribution is -2.19. The second-order valence-electron chi connectivity index (χ2n) is 5.46. The van der Waals surface area contributed by atoms with Crippen LogP contribution >= 0.6 is 11.9 Å². The summed E-state index contributed by atoms with van der Waals surface area (Å²) in [6, 6.07) is 0. The van der Waals surface area contributed by atoms with E-state index in [1.807, 2.05) is 0 Å². The first-order valence-corrected chi connectivity index (χ1v) is 6.96. The van der Waals surface area contributed by atoms with Gasteiger partial charge in [0.15, 0.2) is 0 Å². The molecule has 0 N–H and O–H groups in total. The Hall–Kier alpha value is -1.30. The molecule has 0 amide bonds. The van der Waals surface area contributed by atoms with E-state index < -0.39 is 5.95 Å². The molecule has 0 fully saturated rings. The Bertz CT molecular complexity index is 701. The van der Waals surface area contributed by atoms with Crippen molar-refractivity contribution in [3.05, 3.63) is 28.2 Å². The van der Waals surface area contributed by atoms with Gasteiger partial charge in [-0.2, -0.15) is 13.6 Å². The highest BCUT2D eigenvalue weighted by molar-refractivity contribution is 7.97. The lowest BCUT2D eigenvalue weighted by atomic mass is 9.90. The van der Waals surface area contributed by atoms with Crippen LogP contribution in [-0.4, -0.2) is 20.0 Å². The van der Waals surface area contributed by atoms with Crippen LogP contribution in [0.2, 0.25) is 0 Å². The summed E-state index contributed by atoms with van der Waals surface area (Å²) in [6.45, 7) is 4.81. The molecule has 0 radical (unpaired) electrons. The molecular formula is C12H14FN3OS. The van der Waals surface area contributed by atoms with Gasteiger partial charge in [-0.15, -0.1) is 0 Å². The highest BCUT2D eigenvalue weighted by atomic mass is 32.2. The molecule has 4 nitrogen and oxygen atoms in total. The molecule has 0 atom stereocenters. The monoisotopic (exact) mass is 267 g/mol. The van der Waals surface area contributed by atoms with Crippen molar-refractivity contribution in [2.75, 3.05) is 6.26 Å². The third-order valence-electron chi connectivity index (χ3n) is 3.43. The molecule has 0 aliphatic carbocycles. The average molecular weight is 267 g/mol. The van der Waals surface area contributed by atoms with E-state index in [0.29, 0.717) is 11.9 Å². The van der Waals surface area contributed by atoms with Crippen molar-refractivity contribution in [2.24, 2.45) is 5.41 Å². The minimum Gasteiger partial charge on any atom is -0.320 e. The molecule has 2 aromatic rings. The molecule has 0 saturated heterocycles. The normalized spacial score (nSPS) is 17.3. The summed E-state index contributed by atoms with van der Waals surface area (Å²) < 4.78 is 17.2. The Morgan fingerprint density at radius 1 is 1.50 bits per heavy atom. The van der Waals surface area contributed by atoms with Gasteiger partial charge in [-0.05, 0) is 23.8 Å². The molecule has 0 aromatic carbocycles. The predicted octanol–water partition coefficient (Wildman–Crippen LogP) is 2.05. The number of hydrogen-bond acceptors (Lipinski definition) is 3. The minimum absolute atomic E-state index is 0.0404. The standard InChI is InChI=1S/C12H14FN3OS/c1-12(2)4-8-7-5-14-16(18-3)11(17)9(7)10(13)15(8)6-12/h5H,4,6H2,1-3H3. The maximum atomic E-state index is 14.4. The third kappa shape index (κ3) is 1.44. The van der Waals surface area contributed by atoms with Gasteiger partial charge in [-0.3, -0.25) is 4.79 Å². The van der Waals surface area contributed by atoms with Gasteiger partial charge in [0.1, 0.15) is 5.39 Å². The second kappa shape index (κ2) is 3.60. The second-order valence-corrected chi connectivity index (χ2v) is 6.17. The van der Waals surface area contributed by atoms with Crippen LogP contribution < -0.4 is 5.56 Å². The molecule has 3 heterocycles. The predicted molar refractivity (Wildman–Crippen MR) is 70.3 cm³/mol. The largest absolute Gasteiger partial charge is 0.320 e. The van der Waals surface area contributed by atoms with Crippen LogP contribution in [0.1, 0.15) is 19.5 Å². The van der Waals surface area contributed by atoms with Gasteiger partial charge in [-0.25, -0.2) is 0 Å². The highest BCUT2D eigenvalue weighted by Gasteiger charge is 2.34. The maximum absolute atomic E-state index is 14.4. The van der Waals surface area contributed by atoms with E-state index >= 15 is 0 Å². The van der Waals surface area contributed by atoms with Gasteiger partial charge in [0.2, 0.25) is 5.95 Å². The van der Waals surface area contributed by atoms with E-state index in [0.717, 1.165) is 12.1 Å². The third-order valence-corrected chi connectivity index (χ3v) is 4.04. The van der Waals surface area contributed by atoms with E-state index in [1.165, 1.54) is 16.0 Å². The van der Waals surface area contributed by atoms with Crippen LogP contribution in [0.25, 0.3) is 10.8 Å². The zero-order valence-corrected chi connectivity index (χ0v) is 11.3. The zero-order valence-electron chi connectivity index (χ0n) is 10.5. The van der Waals surface area contributed by atoms with E-state index in [-0.39, 0.29) is 16.4 Å². The number of aromatic nitrogens is 3. The fourth-order valence-corrected chi connectivity index (χ4v) is 3.08. The summed E-state index contributed by atoms with van der Waals surface area (Å²) in [7, 11) is 0. The molecule has 96 valence electrons. The number of hydrogen-bond donors (Lipinski definition) is 0. The van der Waals surface area contributed by atoms with E-state index in [2.05, 4.69) is 18.9 Å². The number of fused-ring (bicyclic) bond motifs is 3. The van der Waals surface area contributed by atoms with Crippen LogP contribution in [0.5, 0.6) is 0 Å². The molecule has 0 bridgehead atoms. The topological polar surface area (TPSA) is 39.8 Å². The fraction of sp³-hybridized carbons (Fsp3) is 0.500. The van der Waals surface area contributed by atoms with Crippen molar-refractivity contribution in [3.8, 4) is 0 Å². The zero-order chi connectivity index (χ0) is 13.1. The molecular weight excluding hydrogens is 253 g/mol. The van der Waals surface area contributed by atoms with Crippen molar-refractivity contribution in [3.63, 3.8) is 0 Å². The van der Waals surface area contributed by atoms with Gasteiger partial charge in [0.25, 0.3) is 5.56 Å². The Kier molecular flexibility index (Phi) is 2.35. The van der Waals surface area contributed by atoms with Crippen LogP contribution in [-0.2, 0) is 13.0 Å². The molecule has 18 heavy (non-hydrogen) atoms. The first kappa shape index (κ1) is 11.8. The summed E-state index contributed by atoms with van der Waals surface area (Å²) >= 11 is 1.18. The van der Waals surface area contributed by atoms with Gasteiger partial charge in [0.05, 0.1) is 6.20 Å². The van der Waals surface area contributed by atoms with Gasteiger partial charge in [-0.1, -0.05) is 13.8 Å². The Labute approximate surface area is 108 Å². The fourth-order valence-electron chi connectivity index (χ4n) is 2.68. The summed E-state index contributed by atoms with van der Waals surface area (Å²) in [5.41, 5.74) is 0.571. The first-order chi connectivity index (χ1) is 8.44. The lowest BCUT2D eigenvalue weighted by Gasteiger charge is -2.15. The van der Waals surface area contributed by atoms with Crippen molar-refractivity contribution in [2.45, 2.75) is 26.8 Å². The van der Waals surface area contributed by atoms with E-state index in [4.69, 9.17) is 0 Å². The van der Waals surface area contributed by atoms with Crippen molar-refractivity contribution < 1.29 is 4.39 Å². The molecule has 2 aromatic heterocycles. The maximum Gasteiger partial charge on any atom is 0.289 e. The Balaban J connectivity index is 2.36. The Morgan fingerprint density at radius 2 is 2.22 bits per heavy atom. The minimum atomic E-state index is -0.416.